The van der Waals surface area contributed by atoms with Gasteiger partial charge >= 0.3 is 0 Å². The monoisotopic (exact) mass is 654 g/mol. The fourth-order valence-corrected chi connectivity index (χ4v) is 6.85. The van der Waals surface area contributed by atoms with Gasteiger partial charge in [0.25, 0.3) is 11.8 Å². The average molecular weight is 655 g/mol. The Labute approximate surface area is 282 Å². The van der Waals surface area contributed by atoms with Crippen LogP contribution in [-0.2, 0) is 13.0 Å². The van der Waals surface area contributed by atoms with Gasteiger partial charge in [-0.25, -0.2) is 4.98 Å². The molecule has 2 aromatic heterocycles. The van der Waals surface area contributed by atoms with E-state index < -0.39 is 12.1 Å². The molecule has 0 bridgehead atoms. The molecule has 3 atom stereocenters. The van der Waals surface area contributed by atoms with Crippen LogP contribution in [-0.4, -0.2) is 71.1 Å². The van der Waals surface area contributed by atoms with Gasteiger partial charge in [-0.15, -0.1) is 11.3 Å². The maximum absolute atomic E-state index is 14.0. The lowest BCUT2D eigenvalue weighted by molar-refractivity contribution is 0.0735. The number of hydrogen-bond donors (Lipinski definition) is 3. The number of aliphatic hydroxyl groups is 1. The lowest BCUT2D eigenvalue weighted by atomic mass is 9.99. The molecular weight excluding hydrogens is 609 g/mol. The van der Waals surface area contributed by atoms with Gasteiger partial charge in [0.15, 0.2) is 0 Å². The second-order valence-electron chi connectivity index (χ2n) is 12.9. The highest BCUT2D eigenvalue weighted by atomic mass is 32.1. The predicted octanol–water partition coefficient (Wildman–Crippen LogP) is 5.51. The normalized spacial score (nSPS) is 15.9. The van der Waals surface area contributed by atoms with Crippen molar-refractivity contribution < 1.29 is 14.7 Å². The maximum atomic E-state index is 14.0. The van der Waals surface area contributed by atoms with Gasteiger partial charge in [-0.3, -0.25) is 14.6 Å². The number of likely N-dealkylation sites (tertiary alicyclic amines) is 1. The number of benzene rings is 2. The van der Waals surface area contributed by atoms with Gasteiger partial charge in [0.05, 0.1) is 18.2 Å². The molecule has 9 nitrogen and oxygen atoms in total. The first-order valence-corrected chi connectivity index (χ1v) is 17.2. The van der Waals surface area contributed by atoms with Gasteiger partial charge in [0.2, 0.25) is 0 Å². The van der Waals surface area contributed by atoms with Crippen LogP contribution in [0.1, 0.15) is 86.8 Å². The third-order valence-electron chi connectivity index (χ3n) is 8.62. The summed E-state index contributed by atoms with van der Waals surface area (Å²) in [5, 5.41) is 20.8. The van der Waals surface area contributed by atoms with E-state index in [2.05, 4.69) is 40.5 Å². The number of carbonyl (C=O) groups is 2. The summed E-state index contributed by atoms with van der Waals surface area (Å²) in [6.07, 6.45) is 5.05. The minimum absolute atomic E-state index is 0.0667. The van der Waals surface area contributed by atoms with Crippen molar-refractivity contribution in [2.45, 2.75) is 70.7 Å². The Morgan fingerprint density at radius 3 is 2.53 bits per heavy atom. The number of pyridine rings is 1. The number of aliphatic hydroxyl groups excluding tert-OH is 1. The van der Waals surface area contributed by atoms with Crippen LogP contribution in [0, 0.1) is 6.92 Å². The van der Waals surface area contributed by atoms with Gasteiger partial charge in [0.1, 0.15) is 5.01 Å². The number of carbonyl (C=O) groups excluding carboxylic acids is 2. The second kappa shape index (κ2) is 15.6. The van der Waals surface area contributed by atoms with Crippen LogP contribution in [0.3, 0.4) is 0 Å². The number of aromatic nitrogens is 2. The zero-order valence-corrected chi connectivity index (χ0v) is 28.8. The number of aryl methyl sites for hydroxylation is 1. The summed E-state index contributed by atoms with van der Waals surface area (Å²) < 4.78 is 0. The molecule has 1 aliphatic rings. The number of nitrogens with one attached hydrogen (secondary N) is 2. The molecule has 0 aliphatic carbocycles. The van der Waals surface area contributed by atoms with Crippen molar-refractivity contribution in [2.75, 3.05) is 32.1 Å². The topological polar surface area (TPSA) is 111 Å². The first-order chi connectivity index (χ1) is 22.6. The van der Waals surface area contributed by atoms with E-state index in [1.807, 2.05) is 85.0 Å². The van der Waals surface area contributed by atoms with Crippen LogP contribution < -0.4 is 15.5 Å². The summed E-state index contributed by atoms with van der Waals surface area (Å²) in [4.78, 5) is 40.7. The van der Waals surface area contributed by atoms with Crippen LogP contribution in [0.5, 0.6) is 0 Å². The van der Waals surface area contributed by atoms with Crippen LogP contribution in [0.2, 0.25) is 0 Å². The smallest absolute Gasteiger partial charge is 0.254 e. The molecule has 47 heavy (non-hydrogen) atoms. The minimum atomic E-state index is -0.870. The van der Waals surface area contributed by atoms with Gasteiger partial charge in [-0.1, -0.05) is 50.2 Å². The SMILES string of the molecule is Cc1csc([C@H]2CCCN2C(=O)c2cc(C(=O)N[C@@H](Cc3ccccc3)[C@@H](O)CNCc3cncc(C(C)C)c3)cc(N(C)C)c2)n1. The van der Waals surface area contributed by atoms with Crippen molar-refractivity contribution in [1.82, 2.24) is 25.5 Å². The van der Waals surface area contributed by atoms with Crippen molar-refractivity contribution in [3.8, 4) is 0 Å². The third kappa shape index (κ3) is 8.82. The van der Waals surface area contributed by atoms with E-state index in [0.29, 0.717) is 36.6 Å². The number of hydrogen-bond acceptors (Lipinski definition) is 8. The Balaban J connectivity index is 1.34. The van der Waals surface area contributed by atoms with Crippen molar-refractivity contribution >= 4 is 28.8 Å². The number of amides is 2. The second-order valence-corrected chi connectivity index (χ2v) is 13.8. The molecule has 2 aromatic carbocycles. The molecule has 0 spiro atoms. The molecule has 1 fully saturated rings. The fourth-order valence-electron chi connectivity index (χ4n) is 5.91. The molecule has 1 saturated heterocycles. The summed E-state index contributed by atoms with van der Waals surface area (Å²) in [5.41, 5.74) is 5.74. The van der Waals surface area contributed by atoms with Gasteiger partial charge in [0, 0.05) is 74.0 Å². The lowest BCUT2D eigenvalue weighted by Gasteiger charge is -2.26. The molecule has 10 heteroatoms. The van der Waals surface area contributed by atoms with E-state index in [1.165, 1.54) is 0 Å². The first-order valence-electron chi connectivity index (χ1n) is 16.3. The number of rotatable bonds is 13. The molecule has 0 unspecified atom stereocenters. The summed E-state index contributed by atoms with van der Waals surface area (Å²) >= 11 is 1.59. The van der Waals surface area contributed by atoms with E-state index in [9.17, 15) is 14.7 Å². The molecule has 2 amide bonds. The molecule has 3 heterocycles. The Morgan fingerprint density at radius 1 is 1.06 bits per heavy atom. The van der Waals surface area contributed by atoms with E-state index in [-0.39, 0.29) is 24.4 Å². The van der Waals surface area contributed by atoms with Crippen LogP contribution in [0.4, 0.5) is 5.69 Å². The molecule has 248 valence electrons. The number of thiazole rings is 1. The minimum Gasteiger partial charge on any atom is -0.390 e. The van der Waals surface area contributed by atoms with Crippen LogP contribution in [0.25, 0.3) is 0 Å². The summed E-state index contributed by atoms with van der Waals surface area (Å²) in [6, 6.07) is 16.6. The van der Waals surface area contributed by atoms with Crippen LogP contribution in [0.15, 0.2) is 72.4 Å². The Bertz CT molecular complexity index is 1660. The standard InChI is InChI=1S/C37H46N6O3S/c1-24(2)30-14-27(19-38-21-30)20-39-22-34(44)32(15-26-10-7-6-8-11-26)41-35(45)28-16-29(18-31(17-28)42(4)5)37(46)43-13-9-12-33(43)36-40-25(3)23-47-36/h6-8,10-11,14,16-19,21,23-24,32-34,39,44H,9,12-13,15,20,22H2,1-5H3,(H,41,45)/t32-,33+,34-/m0/s1. The Kier molecular flexibility index (Phi) is 11.4. The van der Waals surface area contributed by atoms with Gasteiger partial charge in [-0.05, 0) is 67.0 Å². The van der Waals surface area contributed by atoms with E-state index in [4.69, 9.17) is 0 Å². The van der Waals surface area contributed by atoms with Crippen molar-refractivity contribution in [3.05, 3.63) is 111 Å². The van der Waals surface area contributed by atoms with Crippen molar-refractivity contribution in [1.29, 1.82) is 0 Å². The van der Waals surface area contributed by atoms with E-state index in [1.54, 1.807) is 23.5 Å². The van der Waals surface area contributed by atoms with E-state index >= 15 is 0 Å². The first kappa shape index (κ1) is 34.2. The predicted molar refractivity (Wildman–Crippen MR) is 188 cm³/mol. The van der Waals surface area contributed by atoms with Gasteiger partial charge in [-0.2, -0.15) is 0 Å². The molecule has 0 saturated carbocycles. The highest BCUT2D eigenvalue weighted by Crippen LogP contribution is 2.35. The van der Waals surface area contributed by atoms with Crippen LogP contribution >= 0.6 is 11.3 Å². The number of anilines is 1. The molecular formula is C37H46N6O3S. The Morgan fingerprint density at radius 2 is 1.83 bits per heavy atom. The molecule has 5 rings (SSSR count). The third-order valence-corrected chi connectivity index (χ3v) is 9.69. The largest absolute Gasteiger partial charge is 0.390 e. The number of nitrogens with zero attached hydrogens (tertiary/aromatic N) is 4. The highest BCUT2D eigenvalue weighted by molar-refractivity contribution is 7.09. The van der Waals surface area contributed by atoms with E-state index in [0.717, 1.165) is 45.9 Å². The highest BCUT2D eigenvalue weighted by Gasteiger charge is 2.33. The maximum Gasteiger partial charge on any atom is 0.254 e. The molecule has 4 aromatic rings. The fraction of sp³-hybridized carbons (Fsp3) is 0.405. The summed E-state index contributed by atoms with van der Waals surface area (Å²) in [6.45, 7) is 7.70. The molecule has 1 aliphatic heterocycles. The Hall–Kier alpha value is -4.12. The zero-order chi connectivity index (χ0) is 33.5. The quantitative estimate of drug-likeness (QED) is 0.175. The molecule has 3 N–H and O–H groups in total. The summed E-state index contributed by atoms with van der Waals surface area (Å²) in [7, 11) is 3.78. The summed E-state index contributed by atoms with van der Waals surface area (Å²) in [5.74, 6) is -0.0800. The zero-order valence-electron chi connectivity index (χ0n) is 27.9. The van der Waals surface area contributed by atoms with Crippen molar-refractivity contribution in [2.24, 2.45) is 0 Å². The average Bonchev–Trinajstić information content (AvgIpc) is 3.73. The lowest BCUT2D eigenvalue weighted by Crippen LogP contribution is -2.48. The molecule has 0 radical (unpaired) electrons. The van der Waals surface area contributed by atoms with Gasteiger partial charge < -0.3 is 25.5 Å². The van der Waals surface area contributed by atoms with Crippen molar-refractivity contribution in [3.63, 3.8) is 0 Å².